The van der Waals surface area contributed by atoms with Crippen molar-refractivity contribution in [2.45, 2.75) is 57.0 Å². The van der Waals surface area contributed by atoms with E-state index in [1.54, 1.807) is 7.11 Å². The second kappa shape index (κ2) is 4.32. The molecule has 0 spiro atoms. The molecule has 0 aromatic rings. The molecular formula is C15H22O4. The van der Waals surface area contributed by atoms with E-state index in [4.69, 9.17) is 14.2 Å². The molecule has 3 rings (SSSR count). The van der Waals surface area contributed by atoms with Crippen molar-refractivity contribution in [3.63, 3.8) is 0 Å². The van der Waals surface area contributed by atoms with Crippen molar-refractivity contribution in [2.75, 3.05) is 7.11 Å². The van der Waals surface area contributed by atoms with E-state index in [2.05, 4.69) is 26.0 Å². The summed E-state index contributed by atoms with van der Waals surface area (Å²) in [7, 11) is 1.72. The molecule has 4 nitrogen and oxygen atoms in total. The third-order valence-corrected chi connectivity index (χ3v) is 4.90. The van der Waals surface area contributed by atoms with Gasteiger partial charge in [0, 0.05) is 31.8 Å². The first-order valence-corrected chi connectivity index (χ1v) is 7.09. The van der Waals surface area contributed by atoms with Crippen LogP contribution in [-0.4, -0.2) is 30.6 Å². The minimum absolute atomic E-state index is 0.0493. The van der Waals surface area contributed by atoms with Gasteiger partial charge in [-0.3, -0.25) is 4.79 Å². The second-order valence-electron chi connectivity index (χ2n) is 6.34. The lowest BCUT2D eigenvalue weighted by atomic mass is 9.85. The van der Waals surface area contributed by atoms with Gasteiger partial charge in [0.15, 0.2) is 5.79 Å². The Morgan fingerprint density at radius 1 is 1.37 bits per heavy atom. The van der Waals surface area contributed by atoms with Crippen LogP contribution in [0.5, 0.6) is 0 Å². The van der Waals surface area contributed by atoms with E-state index in [-0.39, 0.29) is 29.5 Å². The number of hydrogen-bond donors (Lipinski definition) is 0. The molecule has 0 radical (unpaired) electrons. The number of fused-ring (bicyclic) bond motifs is 3. The lowest BCUT2D eigenvalue weighted by molar-refractivity contribution is -0.256. The van der Waals surface area contributed by atoms with Gasteiger partial charge in [-0.15, -0.1) is 0 Å². The normalized spacial score (nSPS) is 49.2. The highest BCUT2D eigenvalue weighted by molar-refractivity contribution is 5.72. The molecule has 0 amide bonds. The van der Waals surface area contributed by atoms with E-state index in [0.717, 1.165) is 19.3 Å². The maximum atomic E-state index is 11.5. The van der Waals surface area contributed by atoms with Crippen molar-refractivity contribution < 1.29 is 19.0 Å². The number of ether oxygens (including phenoxy) is 3. The van der Waals surface area contributed by atoms with E-state index < -0.39 is 5.79 Å². The highest BCUT2D eigenvalue weighted by atomic mass is 16.7. The van der Waals surface area contributed by atoms with Gasteiger partial charge in [0.2, 0.25) is 0 Å². The van der Waals surface area contributed by atoms with Crippen molar-refractivity contribution in [3.05, 3.63) is 12.2 Å². The average Bonchev–Trinajstić information content (AvgIpc) is 2.88. The third-order valence-electron chi connectivity index (χ3n) is 4.90. The fourth-order valence-electron chi connectivity index (χ4n) is 3.65. The van der Waals surface area contributed by atoms with Gasteiger partial charge in [-0.2, -0.15) is 0 Å². The molecule has 5 atom stereocenters. The molecule has 3 heterocycles. The molecule has 0 unspecified atom stereocenters. The van der Waals surface area contributed by atoms with Crippen molar-refractivity contribution in [3.8, 4) is 0 Å². The standard InChI is InChI=1S/C15H22O4/c1-10-4-5-11-8-13(16)18-12(11)9-14(2)6-7-15(10,17-3)19-14/h4-5,10-12H,6-9H2,1-3H3/t10-,11-,12-,14-,15+/m1/s1. The van der Waals surface area contributed by atoms with Gasteiger partial charge in [0.1, 0.15) is 6.10 Å². The Balaban J connectivity index is 1.94. The minimum atomic E-state index is -0.520. The Bertz CT molecular complexity index is 418. The molecule has 0 aliphatic carbocycles. The van der Waals surface area contributed by atoms with E-state index in [1.807, 2.05) is 0 Å². The van der Waals surface area contributed by atoms with Crippen LogP contribution in [-0.2, 0) is 19.0 Å². The van der Waals surface area contributed by atoms with E-state index in [9.17, 15) is 4.79 Å². The zero-order valence-corrected chi connectivity index (χ0v) is 11.8. The van der Waals surface area contributed by atoms with Crippen LogP contribution in [0.1, 0.15) is 39.5 Å². The minimum Gasteiger partial charge on any atom is -0.462 e. The summed E-state index contributed by atoms with van der Waals surface area (Å²) >= 11 is 0. The van der Waals surface area contributed by atoms with Crippen LogP contribution in [0.3, 0.4) is 0 Å². The molecule has 0 aromatic carbocycles. The first-order chi connectivity index (χ1) is 8.96. The van der Waals surface area contributed by atoms with Gasteiger partial charge in [-0.25, -0.2) is 0 Å². The predicted molar refractivity (Wildman–Crippen MR) is 69.4 cm³/mol. The Kier molecular flexibility index (Phi) is 2.98. The summed E-state index contributed by atoms with van der Waals surface area (Å²) in [5.41, 5.74) is -0.260. The Morgan fingerprint density at radius 3 is 2.89 bits per heavy atom. The Morgan fingerprint density at radius 2 is 2.16 bits per heavy atom. The summed E-state index contributed by atoms with van der Waals surface area (Å²) in [5, 5.41) is 0. The maximum absolute atomic E-state index is 11.5. The zero-order chi connectivity index (χ0) is 13.7. The monoisotopic (exact) mass is 266 g/mol. The van der Waals surface area contributed by atoms with Gasteiger partial charge < -0.3 is 14.2 Å². The molecule has 0 N–H and O–H groups in total. The highest BCUT2D eigenvalue weighted by Gasteiger charge is 2.52. The third kappa shape index (κ3) is 2.11. The van der Waals surface area contributed by atoms with Gasteiger partial charge in [-0.1, -0.05) is 19.1 Å². The number of methoxy groups -OCH3 is 1. The second-order valence-corrected chi connectivity index (χ2v) is 6.34. The average molecular weight is 266 g/mol. The molecule has 2 fully saturated rings. The lowest BCUT2D eigenvalue weighted by Crippen LogP contribution is -2.41. The molecule has 3 aliphatic rings. The molecule has 2 bridgehead atoms. The fraction of sp³-hybridized carbons (Fsp3) is 0.800. The van der Waals surface area contributed by atoms with Crippen molar-refractivity contribution >= 4 is 5.97 Å². The summed E-state index contributed by atoms with van der Waals surface area (Å²) in [4.78, 5) is 11.5. The number of carbonyl (C=O) groups excluding carboxylic acids is 1. The predicted octanol–water partition coefficient (Wildman–Crippen LogP) is 2.43. The molecule has 0 saturated carbocycles. The lowest BCUT2D eigenvalue weighted by Gasteiger charge is -2.35. The van der Waals surface area contributed by atoms with Crippen molar-refractivity contribution in [1.82, 2.24) is 0 Å². The van der Waals surface area contributed by atoms with E-state index in [1.165, 1.54) is 0 Å². The molecular weight excluding hydrogens is 244 g/mol. The molecule has 106 valence electrons. The number of esters is 1. The van der Waals surface area contributed by atoms with Crippen molar-refractivity contribution in [1.29, 1.82) is 0 Å². The van der Waals surface area contributed by atoms with Crippen LogP contribution in [0.4, 0.5) is 0 Å². The van der Waals surface area contributed by atoms with Gasteiger partial charge in [0.25, 0.3) is 0 Å². The molecule has 3 aliphatic heterocycles. The van der Waals surface area contributed by atoms with E-state index >= 15 is 0 Å². The van der Waals surface area contributed by atoms with Crippen molar-refractivity contribution in [2.24, 2.45) is 11.8 Å². The van der Waals surface area contributed by atoms with Crippen LogP contribution in [0.2, 0.25) is 0 Å². The molecule has 2 saturated heterocycles. The van der Waals surface area contributed by atoms with Crippen LogP contribution < -0.4 is 0 Å². The summed E-state index contributed by atoms with van der Waals surface area (Å²) in [6.45, 7) is 4.22. The van der Waals surface area contributed by atoms with Gasteiger partial charge in [0.05, 0.1) is 12.0 Å². The quantitative estimate of drug-likeness (QED) is 0.540. The molecule has 4 heteroatoms. The highest BCUT2D eigenvalue weighted by Crippen LogP contribution is 2.48. The first-order valence-electron chi connectivity index (χ1n) is 7.09. The summed E-state index contributed by atoms with van der Waals surface area (Å²) in [6, 6.07) is 0. The number of hydrogen-bond acceptors (Lipinski definition) is 4. The smallest absolute Gasteiger partial charge is 0.306 e. The Labute approximate surface area is 114 Å². The largest absolute Gasteiger partial charge is 0.462 e. The van der Waals surface area contributed by atoms with Gasteiger partial charge in [-0.05, 0) is 13.3 Å². The summed E-state index contributed by atoms with van der Waals surface area (Å²) in [5.74, 6) is -0.252. The van der Waals surface area contributed by atoms with Gasteiger partial charge >= 0.3 is 5.97 Å². The molecule has 19 heavy (non-hydrogen) atoms. The zero-order valence-electron chi connectivity index (χ0n) is 11.8. The van der Waals surface area contributed by atoms with Crippen LogP contribution in [0, 0.1) is 11.8 Å². The maximum Gasteiger partial charge on any atom is 0.306 e. The van der Waals surface area contributed by atoms with Crippen LogP contribution >= 0.6 is 0 Å². The Hall–Kier alpha value is -0.870. The SMILES string of the molecule is CO[C@]12CC[C@](C)(C[C@H]3OC(=O)C[C@H]3C=C[C@H]1C)O2. The van der Waals surface area contributed by atoms with Crippen LogP contribution in [0.15, 0.2) is 12.2 Å². The fourth-order valence-corrected chi connectivity index (χ4v) is 3.65. The summed E-state index contributed by atoms with van der Waals surface area (Å²) in [6.07, 6.45) is 7.27. The number of rotatable bonds is 1. The van der Waals surface area contributed by atoms with E-state index in [0.29, 0.717) is 6.42 Å². The first kappa shape index (κ1) is 13.1. The van der Waals surface area contributed by atoms with Crippen LogP contribution in [0.25, 0.3) is 0 Å². The number of carbonyl (C=O) groups is 1. The molecule has 0 aromatic heterocycles. The topological polar surface area (TPSA) is 44.8 Å². The summed E-state index contributed by atoms with van der Waals surface area (Å²) < 4.78 is 17.5.